The van der Waals surface area contributed by atoms with Crippen LogP contribution in [-0.2, 0) is 0 Å². The van der Waals surface area contributed by atoms with Crippen molar-refractivity contribution in [1.82, 2.24) is 4.98 Å². The van der Waals surface area contributed by atoms with Gasteiger partial charge in [0.2, 0.25) is 0 Å². The van der Waals surface area contributed by atoms with E-state index in [1.54, 1.807) is 11.3 Å². The lowest BCUT2D eigenvalue weighted by Gasteiger charge is -1.97. The molecular weight excluding hydrogens is 404 g/mol. The predicted molar refractivity (Wildman–Crippen MR) is 116 cm³/mol. The molecule has 0 saturated carbocycles. The topological polar surface area (TPSA) is 25.2 Å². The molecule has 0 atom stereocenters. The molecule has 0 unspecified atom stereocenters. The van der Waals surface area contributed by atoms with Crippen molar-refractivity contribution in [1.29, 1.82) is 0 Å². The van der Waals surface area contributed by atoms with Gasteiger partial charge in [-0.15, -0.1) is 11.3 Å². The maximum atomic E-state index is 4.69. The van der Waals surface area contributed by atoms with Gasteiger partial charge >= 0.3 is 0 Å². The second kappa shape index (κ2) is 7.77. The molecule has 4 rings (SSSR count). The number of fused-ring (bicyclic) bond motifs is 1. The van der Waals surface area contributed by atoms with Crippen molar-refractivity contribution in [2.75, 3.05) is 0 Å². The summed E-state index contributed by atoms with van der Waals surface area (Å²) in [4.78, 5) is 9.17. The normalized spacial score (nSPS) is 11.7. The van der Waals surface area contributed by atoms with Crippen molar-refractivity contribution < 1.29 is 0 Å². The second-order valence-corrected chi connectivity index (χ2v) is 7.67. The molecule has 0 N–H and O–H groups in total. The molecule has 2 nitrogen and oxygen atoms in total. The van der Waals surface area contributed by atoms with Crippen LogP contribution in [0, 0.1) is 0 Å². The molecule has 26 heavy (non-hydrogen) atoms. The van der Waals surface area contributed by atoms with Gasteiger partial charge in [-0.1, -0.05) is 46.3 Å². The third-order valence-electron chi connectivity index (χ3n) is 3.88. The summed E-state index contributed by atoms with van der Waals surface area (Å²) < 4.78 is 2.29. The Balaban J connectivity index is 1.46. The van der Waals surface area contributed by atoms with Gasteiger partial charge in [-0.3, -0.25) is 4.99 Å². The maximum absolute atomic E-state index is 4.69. The van der Waals surface area contributed by atoms with E-state index < -0.39 is 0 Å². The number of thiazole rings is 1. The first-order valence-electron chi connectivity index (χ1n) is 8.20. The highest BCUT2D eigenvalue weighted by atomic mass is 79.9. The Kier molecular flexibility index (Phi) is 5.04. The molecule has 0 aliphatic heterocycles. The van der Waals surface area contributed by atoms with E-state index in [0.717, 1.165) is 31.8 Å². The van der Waals surface area contributed by atoms with Crippen LogP contribution in [0.2, 0.25) is 0 Å². The fourth-order valence-electron chi connectivity index (χ4n) is 2.54. The standard InChI is InChI=1S/C22H15BrN2S/c23-18-11-7-16(8-12-18)4-3-15-24-19-13-9-17(10-14-19)22-25-20-5-1-2-6-21(20)26-22/h1-15H. The van der Waals surface area contributed by atoms with Gasteiger partial charge in [0.05, 0.1) is 15.9 Å². The molecule has 0 fully saturated rings. The second-order valence-electron chi connectivity index (χ2n) is 5.72. The van der Waals surface area contributed by atoms with Crippen molar-refractivity contribution in [3.05, 3.63) is 88.9 Å². The molecule has 0 saturated heterocycles. The fourth-order valence-corrected chi connectivity index (χ4v) is 3.78. The van der Waals surface area contributed by atoms with E-state index in [9.17, 15) is 0 Å². The van der Waals surface area contributed by atoms with Crippen LogP contribution in [0.3, 0.4) is 0 Å². The average Bonchev–Trinajstić information content (AvgIpc) is 3.11. The summed E-state index contributed by atoms with van der Waals surface area (Å²) in [5.74, 6) is 0. The van der Waals surface area contributed by atoms with E-state index in [1.165, 1.54) is 4.70 Å². The molecule has 0 spiro atoms. The van der Waals surface area contributed by atoms with E-state index in [-0.39, 0.29) is 0 Å². The molecule has 0 aliphatic carbocycles. The molecule has 0 bridgehead atoms. The van der Waals surface area contributed by atoms with Gasteiger partial charge in [-0.25, -0.2) is 4.98 Å². The van der Waals surface area contributed by atoms with Gasteiger partial charge in [0, 0.05) is 16.3 Å². The van der Waals surface area contributed by atoms with Crippen LogP contribution in [0.5, 0.6) is 0 Å². The summed E-state index contributed by atoms with van der Waals surface area (Å²) in [5.41, 5.74) is 4.24. The smallest absolute Gasteiger partial charge is 0.124 e. The third kappa shape index (κ3) is 3.98. The summed E-state index contributed by atoms with van der Waals surface area (Å²) in [6.45, 7) is 0. The van der Waals surface area contributed by atoms with Gasteiger partial charge in [-0.2, -0.15) is 0 Å². The van der Waals surface area contributed by atoms with Crippen molar-refractivity contribution >= 4 is 55.5 Å². The van der Waals surface area contributed by atoms with Crippen LogP contribution >= 0.6 is 27.3 Å². The highest BCUT2D eigenvalue weighted by molar-refractivity contribution is 9.10. The molecule has 0 aliphatic rings. The highest BCUT2D eigenvalue weighted by Gasteiger charge is 2.05. The number of halogens is 1. The Bertz CT molecular complexity index is 1040. The molecule has 1 aromatic heterocycles. The minimum Gasteiger partial charge on any atom is -0.257 e. The van der Waals surface area contributed by atoms with E-state index in [4.69, 9.17) is 4.98 Å². The van der Waals surface area contributed by atoms with Gasteiger partial charge in [0.1, 0.15) is 5.01 Å². The SMILES string of the molecule is Brc1ccc(C=CC=Nc2ccc(-c3nc4ccccc4s3)cc2)cc1. The Morgan fingerprint density at radius 3 is 2.42 bits per heavy atom. The lowest BCUT2D eigenvalue weighted by atomic mass is 10.2. The largest absolute Gasteiger partial charge is 0.257 e. The highest BCUT2D eigenvalue weighted by Crippen LogP contribution is 2.30. The van der Waals surface area contributed by atoms with Crippen molar-refractivity contribution in [3.8, 4) is 10.6 Å². The fraction of sp³-hybridized carbons (Fsp3) is 0. The predicted octanol–water partition coefficient (Wildman–Crippen LogP) is 7.14. The Morgan fingerprint density at radius 2 is 1.65 bits per heavy atom. The van der Waals surface area contributed by atoms with Crippen LogP contribution in [-0.4, -0.2) is 11.2 Å². The minimum atomic E-state index is 0.926. The number of aromatic nitrogens is 1. The number of nitrogens with zero attached hydrogens (tertiary/aromatic N) is 2. The zero-order valence-corrected chi connectivity index (χ0v) is 16.2. The lowest BCUT2D eigenvalue weighted by molar-refractivity contribution is 1.46. The van der Waals surface area contributed by atoms with Crippen molar-refractivity contribution in [2.24, 2.45) is 4.99 Å². The Morgan fingerprint density at radius 1 is 0.885 bits per heavy atom. The quantitative estimate of drug-likeness (QED) is 0.323. The van der Waals surface area contributed by atoms with E-state index >= 15 is 0 Å². The summed E-state index contributed by atoms with van der Waals surface area (Å²) in [6.07, 6.45) is 5.80. The Labute approximate surface area is 164 Å². The minimum absolute atomic E-state index is 0.926. The van der Waals surface area contributed by atoms with Gasteiger partial charge < -0.3 is 0 Å². The lowest BCUT2D eigenvalue weighted by Crippen LogP contribution is -1.75. The maximum Gasteiger partial charge on any atom is 0.124 e. The molecule has 3 aromatic carbocycles. The van der Waals surface area contributed by atoms with Crippen LogP contribution in [0.4, 0.5) is 5.69 Å². The molecule has 0 amide bonds. The summed E-state index contributed by atoms with van der Waals surface area (Å²) in [6, 6.07) is 24.6. The number of para-hydroxylation sites is 1. The van der Waals surface area contributed by atoms with Crippen LogP contribution in [0.25, 0.3) is 26.9 Å². The molecule has 0 radical (unpaired) electrons. The molecule has 126 valence electrons. The van der Waals surface area contributed by atoms with E-state index in [1.807, 2.05) is 60.8 Å². The summed E-state index contributed by atoms with van der Waals surface area (Å²) in [7, 11) is 0. The Hall–Kier alpha value is -2.56. The zero-order valence-electron chi connectivity index (χ0n) is 13.8. The molecule has 1 heterocycles. The van der Waals surface area contributed by atoms with E-state index in [2.05, 4.69) is 51.3 Å². The monoisotopic (exact) mass is 418 g/mol. The van der Waals surface area contributed by atoms with Crippen LogP contribution in [0.1, 0.15) is 5.56 Å². The zero-order chi connectivity index (χ0) is 17.8. The number of rotatable bonds is 4. The first-order valence-corrected chi connectivity index (χ1v) is 9.81. The molecule has 4 heteroatoms. The number of benzene rings is 3. The molecule has 4 aromatic rings. The van der Waals surface area contributed by atoms with Crippen molar-refractivity contribution in [2.45, 2.75) is 0 Å². The van der Waals surface area contributed by atoms with Crippen molar-refractivity contribution in [3.63, 3.8) is 0 Å². The summed E-state index contributed by atoms with van der Waals surface area (Å²) in [5, 5.41) is 1.04. The third-order valence-corrected chi connectivity index (χ3v) is 5.49. The van der Waals surface area contributed by atoms with Crippen LogP contribution < -0.4 is 0 Å². The number of hydrogen-bond donors (Lipinski definition) is 0. The van der Waals surface area contributed by atoms with Crippen LogP contribution in [0.15, 0.2) is 88.3 Å². The first-order chi connectivity index (χ1) is 12.8. The number of aliphatic imine (C=N–C) groups is 1. The first kappa shape index (κ1) is 16.9. The van der Waals surface area contributed by atoms with Gasteiger partial charge in [0.15, 0.2) is 0 Å². The van der Waals surface area contributed by atoms with E-state index in [0.29, 0.717) is 0 Å². The number of allylic oxidation sites excluding steroid dienone is 1. The summed E-state index contributed by atoms with van der Waals surface area (Å²) >= 11 is 5.15. The van der Waals surface area contributed by atoms with Gasteiger partial charge in [0.25, 0.3) is 0 Å². The average molecular weight is 419 g/mol. The number of hydrogen-bond acceptors (Lipinski definition) is 3. The van der Waals surface area contributed by atoms with Gasteiger partial charge in [-0.05, 0) is 60.2 Å². The molecular formula is C22H15BrN2S.